The molecule has 0 N–H and O–H groups in total. The lowest BCUT2D eigenvalue weighted by Crippen LogP contribution is -2.32. The van der Waals surface area contributed by atoms with E-state index >= 15 is 0 Å². The summed E-state index contributed by atoms with van der Waals surface area (Å²) < 4.78 is 25.5. The van der Waals surface area contributed by atoms with E-state index in [1.54, 1.807) is 0 Å². The lowest BCUT2D eigenvalue weighted by atomic mass is 10.1. The molecule has 1 amide bonds. The number of halogens is 1. The van der Waals surface area contributed by atoms with Crippen LogP contribution in [0.3, 0.4) is 0 Å². The van der Waals surface area contributed by atoms with Crippen LogP contribution in [0.2, 0.25) is 5.15 Å². The first kappa shape index (κ1) is 13.3. The summed E-state index contributed by atoms with van der Waals surface area (Å²) >= 11 is 5.67. The molecule has 1 aliphatic rings. The van der Waals surface area contributed by atoms with Crippen LogP contribution in [-0.4, -0.2) is 30.2 Å². The molecule has 0 aromatic carbocycles. The van der Waals surface area contributed by atoms with Gasteiger partial charge in [-0.2, -0.15) is 0 Å². The second kappa shape index (κ2) is 4.85. The molecule has 2 heterocycles. The smallest absolute Gasteiger partial charge is 0.266 e. The summed E-state index contributed by atoms with van der Waals surface area (Å²) in [5, 5.41) is 0.0924. The summed E-state index contributed by atoms with van der Waals surface area (Å²) in [6.07, 6.45) is 2.39. The summed E-state index contributed by atoms with van der Waals surface area (Å²) in [6, 6.07) is 2.59. The Morgan fingerprint density at radius 2 is 2.28 bits per heavy atom. The van der Waals surface area contributed by atoms with Gasteiger partial charge in [-0.1, -0.05) is 24.9 Å². The number of nitrogens with zero attached hydrogens (tertiary/aromatic N) is 2. The van der Waals surface area contributed by atoms with E-state index in [9.17, 15) is 13.2 Å². The van der Waals surface area contributed by atoms with Gasteiger partial charge in [-0.3, -0.25) is 4.79 Å². The highest BCUT2D eigenvalue weighted by molar-refractivity contribution is 7.89. The van der Waals surface area contributed by atoms with Gasteiger partial charge in [0, 0.05) is 19.2 Å². The molecule has 1 aromatic rings. The molecule has 0 saturated carbocycles. The highest BCUT2D eigenvalue weighted by atomic mass is 35.5. The van der Waals surface area contributed by atoms with Crippen molar-refractivity contribution in [2.24, 2.45) is 5.92 Å². The zero-order chi connectivity index (χ0) is 13.3. The van der Waals surface area contributed by atoms with Crippen molar-refractivity contribution < 1.29 is 13.2 Å². The van der Waals surface area contributed by atoms with Crippen LogP contribution in [0.5, 0.6) is 0 Å². The Bertz CT molecular complexity index is 573. The first-order valence-electron chi connectivity index (χ1n) is 5.62. The van der Waals surface area contributed by atoms with Crippen molar-refractivity contribution in [1.82, 2.24) is 9.29 Å². The second-order valence-electron chi connectivity index (χ2n) is 4.22. The van der Waals surface area contributed by atoms with E-state index in [0.717, 1.165) is 10.7 Å². The van der Waals surface area contributed by atoms with E-state index in [1.807, 2.05) is 6.92 Å². The number of hydrogen-bond acceptors (Lipinski definition) is 4. The van der Waals surface area contributed by atoms with Crippen LogP contribution in [0, 0.1) is 5.92 Å². The van der Waals surface area contributed by atoms with Crippen LogP contribution in [0.25, 0.3) is 0 Å². The first-order valence-corrected chi connectivity index (χ1v) is 7.44. The minimum Gasteiger partial charge on any atom is -0.274 e. The Morgan fingerprint density at radius 1 is 1.56 bits per heavy atom. The number of rotatable bonds is 3. The number of hydrogen-bond donors (Lipinski definition) is 0. The molecule has 7 heteroatoms. The molecule has 2 rings (SSSR count). The largest absolute Gasteiger partial charge is 0.274 e. The molecule has 1 fully saturated rings. The van der Waals surface area contributed by atoms with Crippen molar-refractivity contribution in [3.8, 4) is 0 Å². The van der Waals surface area contributed by atoms with Crippen molar-refractivity contribution >= 4 is 27.5 Å². The van der Waals surface area contributed by atoms with E-state index < -0.39 is 10.0 Å². The third-order valence-electron chi connectivity index (χ3n) is 3.03. The maximum atomic E-state index is 12.3. The number of aromatic nitrogens is 1. The van der Waals surface area contributed by atoms with Crippen LogP contribution >= 0.6 is 11.6 Å². The fourth-order valence-corrected chi connectivity index (χ4v) is 3.66. The van der Waals surface area contributed by atoms with Gasteiger partial charge in [0.2, 0.25) is 5.91 Å². The number of pyridine rings is 1. The molecular formula is C11H13ClN2O3S. The number of carbonyl (C=O) groups is 1. The molecule has 0 radical (unpaired) electrons. The SMILES string of the molecule is CCC1CC(=O)N(S(=O)(=O)c2ccnc(Cl)c2)C1. The topological polar surface area (TPSA) is 67.3 Å². The summed E-state index contributed by atoms with van der Waals surface area (Å²) in [4.78, 5) is 15.5. The monoisotopic (exact) mass is 288 g/mol. The summed E-state index contributed by atoms with van der Waals surface area (Å²) in [5.41, 5.74) is 0. The molecule has 1 aliphatic heterocycles. The van der Waals surface area contributed by atoms with E-state index in [2.05, 4.69) is 4.98 Å². The molecule has 0 bridgehead atoms. The zero-order valence-corrected chi connectivity index (χ0v) is 11.4. The van der Waals surface area contributed by atoms with Gasteiger partial charge in [-0.05, 0) is 18.1 Å². The third-order valence-corrected chi connectivity index (χ3v) is 5.02. The highest BCUT2D eigenvalue weighted by Crippen LogP contribution is 2.27. The minimum atomic E-state index is -3.79. The minimum absolute atomic E-state index is 0.00704. The highest BCUT2D eigenvalue weighted by Gasteiger charge is 2.37. The third kappa shape index (κ3) is 2.35. The Hall–Kier alpha value is -1.14. The predicted molar refractivity (Wildman–Crippen MR) is 66.5 cm³/mol. The van der Waals surface area contributed by atoms with Crippen molar-refractivity contribution in [3.63, 3.8) is 0 Å². The normalized spacial score (nSPS) is 20.4. The lowest BCUT2D eigenvalue weighted by molar-refractivity contribution is -0.123. The van der Waals surface area contributed by atoms with Gasteiger partial charge in [-0.25, -0.2) is 17.7 Å². The van der Waals surface area contributed by atoms with Gasteiger partial charge in [0.1, 0.15) is 5.15 Å². The van der Waals surface area contributed by atoms with Crippen molar-refractivity contribution in [1.29, 1.82) is 0 Å². The van der Waals surface area contributed by atoms with Crippen LogP contribution in [-0.2, 0) is 14.8 Å². The van der Waals surface area contributed by atoms with Crippen LogP contribution in [0.4, 0.5) is 0 Å². The van der Waals surface area contributed by atoms with E-state index in [0.29, 0.717) is 0 Å². The Kier molecular flexibility index (Phi) is 3.59. The number of sulfonamides is 1. The van der Waals surface area contributed by atoms with Gasteiger partial charge in [0.25, 0.3) is 10.0 Å². The number of carbonyl (C=O) groups excluding carboxylic acids is 1. The van der Waals surface area contributed by atoms with Gasteiger partial charge < -0.3 is 0 Å². The van der Waals surface area contributed by atoms with Gasteiger partial charge >= 0.3 is 0 Å². The lowest BCUT2D eigenvalue weighted by Gasteiger charge is -2.16. The summed E-state index contributed by atoms with van der Waals surface area (Å²) in [6.45, 7) is 2.19. The van der Waals surface area contributed by atoms with E-state index in [1.165, 1.54) is 18.3 Å². The molecule has 1 saturated heterocycles. The van der Waals surface area contributed by atoms with Crippen LogP contribution < -0.4 is 0 Å². The molecule has 0 spiro atoms. The molecule has 1 unspecified atom stereocenters. The van der Waals surface area contributed by atoms with Crippen LogP contribution in [0.15, 0.2) is 23.2 Å². The molecule has 5 nitrogen and oxygen atoms in total. The van der Waals surface area contributed by atoms with Crippen molar-refractivity contribution in [2.45, 2.75) is 24.7 Å². The fourth-order valence-electron chi connectivity index (χ4n) is 1.93. The molecule has 1 aromatic heterocycles. The van der Waals surface area contributed by atoms with E-state index in [4.69, 9.17) is 11.6 Å². The standard InChI is InChI=1S/C11H13ClN2O3S/c1-2-8-5-11(15)14(7-8)18(16,17)9-3-4-13-10(12)6-9/h3-4,6,8H,2,5,7H2,1H3. The Morgan fingerprint density at radius 3 is 2.83 bits per heavy atom. The van der Waals surface area contributed by atoms with E-state index in [-0.39, 0.29) is 34.8 Å². The van der Waals surface area contributed by atoms with Crippen LogP contribution in [0.1, 0.15) is 19.8 Å². The van der Waals surface area contributed by atoms with Gasteiger partial charge in [-0.15, -0.1) is 0 Å². The first-order chi connectivity index (χ1) is 8.45. The molecule has 0 aliphatic carbocycles. The fraction of sp³-hybridized carbons (Fsp3) is 0.455. The Labute approximate surface area is 111 Å². The number of amides is 1. The maximum absolute atomic E-state index is 12.3. The molecule has 98 valence electrons. The van der Waals surface area contributed by atoms with Gasteiger partial charge in [0.15, 0.2) is 0 Å². The summed E-state index contributed by atoms with van der Waals surface area (Å²) in [5.74, 6) is -0.251. The molecular weight excluding hydrogens is 276 g/mol. The average molecular weight is 289 g/mol. The zero-order valence-electron chi connectivity index (χ0n) is 9.84. The van der Waals surface area contributed by atoms with Crippen molar-refractivity contribution in [3.05, 3.63) is 23.5 Å². The molecule has 1 atom stereocenters. The predicted octanol–water partition coefficient (Wildman–Crippen LogP) is 1.68. The molecule has 18 heavy (non-hydrogen) atoms. The second-order valence-corrected chi connectivity index (χ2v) is 6.47. The van der Waals surface area contributed by atoms with Gasteiger partial charge in [0.05, 0.1) is 4.90 Å². The Balaban J connectivity index is 2.35. The quantitative estimate of drug-likeness (QED) is 0.794. The maximum Gasteiger partial charge on any atom is 0.266 e. The van der Waals surface area contributed by atoms with Crippen molar-refractivity contribution in [2.75, 3.05) is 6.54 Å². The average Bonchev–Trinajstić information content (AvgIpc) is 2.71. The summed E-state index contributed by atoms with van der Waals surface area (Å²) in [7, 11) is -3.79.